The molecule has 0 fully saturated rings. The molecule has 2 aromatic heterocycles. The number of aromatic nitrogens is 4. The van der Waals surface area contributed by atoms with Crippen molar-refractivity contribution in [2.24, 2.45) is 0 Å². The lowest BCUT2D eigenvalue weighted by Gasteiger charge is -2.01. The number of hydrogen-bond donors (Lipinski definition) is 4. The van der Waals surface area contributed by atoms with Crippen LogP contribution in [-0.4, -0.2) is 26.3 Å². The number of carbonyl (C=O) groups excluding carboxylic acids is 1. The molecule has 1 amide bonds. The first-order chi connectivity index (χ1) is 8.54. The molecule has 0 saturated heterocycles. The first-order valence-electron chi connectivity index (χ1n) is 5.70. The minimum Gasteiger partial charge on any atom is -0.395 e. The molecule has 5 N–H and O–H groups in total. The molecule has 0 bridgehead atoms. The quantitative estimate of drug-likeness (QED) is 0.652. The van der Waals surface area contributed by atoms with Crippen LogP contribution in [0.2, 0.25) is 0 Å². The summed E-state index contributed by atoms with van der Waals surface area (Å²) < 4.78 is 0. The smallest absolute Gasteiger partial charge is 0.279 e. The fourth-order valence-corrected chi connectivity index (χ4v) is 1.60. The number of nitrogen functional groups attached to an aromatic ring is 1. The van der Waals surface area contributed by atoms with Gasteiger partial charge in [-0.2, -0.15) is 10.2 Å². The number of rotatable bonds is 3. The van der Waals surface area contributed by atoms with Crippen molar-refractivity contribution >= 4 is 17.4 Å². The van der Waals surface area contributed by atoms with Crippen molar-refractivity contribution in [3.63, 3.8) is 0 Å². The van der Waals surface area contributed by atoms with E-state index in [1.54, 1.807) is 0 Å². The normalized spacial score (nSPS) is 10.6. The molecule has 7 heteroatoms. The lowest BCUT2D eigenvalue weighted by molar-refractivity contribution is 0.102. The molecular weight excluding hydrogens is 232 g/mol. The topological polar surface area (TPSA) is 112 Å². The maximum absolute atomic E-state index is 12.0. The Hall–Kier alpha value is -2.31. The van der Waals surface area contributed by atoms with E-state index >= 15 is 0 Å². The molecule has 0 aliphatic rings. The van der Waals surface area contributed by atoms with Gasteiger partial charge in [0.2, 0.25) is 0 Å². The van der Waals surface area contributed by atoms with E-state index in [1.807, 2.05) is 20.8 Å². The number of nitrogens with one attached hydrogen (secondary N) is 3. The summed E-state index contributed by atoms with van der Waals surface area (Å²) >= 11 is 0. The standard InChI is InChI=1S/C11H16N6O/c1-4-7-8(12)9(16-15-7)11(18)13-10-5(2)6(3)14-17-10/h4,12H2,1-3H3,(H,15,16)(H2,13,14,17,18). The van der Waals surface area contributed by atoms with Gasteiger partial charge in [0.25, 0.3) is 5.91 Å². The fraction of sp³-hybridized carbons (Fsp3) is 0.364. The molecule has 2 heterocycles. The third-order valence-electron chi connectivity index (χ3n) is 2.94. The Bertz CT molecular complexity index is 582. The molecule has 2 aromatic rings. The Kier molecular flexibility index (Phi) is 3.05. The minimum absolute atomic E-state index is 0.201. The van der Waals surface area contributed by atoms with Gasteiger partial charge < -0.3 is 11.1 Å². The number of hydrogen-bond acceptors (Lipinski definition) is 4. The van der Waals surface area contributed by atoms with E-state index in [0.717, 1.165) is 17.0 Å². The highest BCUT2D eigenvalue weighted by atomic mass is 16.2. The molecule has 0 aliphatic carbocycles. The Morgan fingerprint density at radius 1 is 1.33 bits per heavy atom. The highest BCUT2D eigenvalue weighted by Gasteiger charge is 2.18. The van der Waals surface area contributed by atoms with E-state index in [9.17, 15) is 4.79 Å². The summed E-state index contributed by atoms with van der Waals surface area (Å²) in [6.45, 7) is 5.70. The summed E-state index contributed by atoms with van der Waals surface area (Å²) in [6.07, 6.45) is 0.701. The zero-order chi connectivity index (χ0) is 13.3. The predicted octanol–water partition coefficient (Wildman–Crippen LogP) is 1.15. The van der Waals surface area contributed by atoms with E-state index in [1.165, 1.54) is 0 Å². The van der Waals surface area contributed by atoms with Crippen LogP contribution >= 0.6 is 0 Å². The average Bonchev–Trinajstić information content (AvgIpc) is 2.86. The van der Waals surface area contributed by atoms with Crippen molar-refractivity contribution in [3.8, 4) is 0 Å². The van der Waals surface area contributed by atoms with Crippen molar-refractivity contribution in [1.82, 2.24) is 20.4 Å². The Morgan fingerprint density at radius 3 is 2.56 bits per heavy atom. The number of nitrogens with zero attached hydrogens (tertiary/aromatic N) is 2. The van der Waals surface area contributed by atoms with Gasteiger partial charge >= 0.3 is 0 Å². The van der Waals surface area contributed by atoms with Gasteiger partial charge in [0.15, 0.2) is 11.5 Å². The molecule has 0 atom stereocenters. The Balaban J connectivity index is 2.22. The maximum atomic E-state index is 12.0. The summed E-state index contributed by atoms with van der Waals surface area (Å²) in [5.41, 5.74) is 8.99. The van der Waals surface area contributed by atoms with E-state index in [0.29, 0.717) is 17.9 Å². The molecule has 0 unspecified atom stereocenters. The fourth-order valence-electron chi connectivity index (χ4n) is 1.60. The van der Waals surface area contributed by atoms with Crippen LogP contribution in [0.1, 0.15) is 34.4 Å². The zero-order valence-electron chi connectivity index (χ0n) is 10.6. The summed E-state index contributed by atoms with van der Waals surface area (Å²) in [6, 6.07) is 0. The van der Waals surface area contributed by atoms with Crippen LogP contribution in [0.4, 0.5) is 11.5 Å². The number of amides is 1. The molecule has 2 rings (SSSR count). The van der Waals surface area contributed by atoms with Gasteiger partial charge in [-0.1, -0.05) is 6.92 Å². The molecular formula is C11H16N6O. The van der Waals surface area contributed by atoms with Gasteiger partial charge in [0.05, 0.1) is 11.4 Å². The second-order valence-corrected chi connectivity index (χ2v) is 4.09. The van der Waals surface area contributed by atoms with Crippen LogP contribution in [0.15, 0.2) is 0 Å². The van der Waals surface area contributed by atoms with E-state index in [4.69, 9.17) is 5.73 Å². The summed E-state index contributed by atoms with van der Waals surface area (Å²) in [5, 5.41) is 16.1. The summed E-state index contributed by atoms with van der Waals surface area (Å²) in [5.74, 6) is 0.135. The van der Waals surface area contributed by atoms with Gasteiger partial charge in [-0.15, -0.1) is 0 Å². The molecule has 0 aliphatic heterocycles. The van der Waals surface area contributed by atoms with Crippen LogP contribution in [0.5, 0.6) is 0 Å². The Labute approximate surface area is 104 Å². The van der Waals surface area contributed by atoms with Crippen molar-refractivity contribution in [2.75, 3.05) is 11.1 Å². The molecule has 0 saturated carbocycles. The molecule has 0 radical (unpaired) electrons. The van der Waals surface area contributed by atoms with Crippen LogP contribution < -0.4 is 11.1 Å². The molecule has 0 aromatic carbocycles. The van der Waals surface area contributed by atoms with E-state index in [2.05, 4.69) is 25.7 Å². The molecule has 18 heavy (non-hydrogen) atoms. The SMILES string of the molecule is CCc1[nH]nc(C(=O)Nc2n[nH]c(C)c2C)c1N. The highest BCUT2D eigenvalue weighted by Crippen LogP contribution is 2.18. The van der Waals surface area contributed by atoms with Crippen molar-refractivity contribution in [2.45, 2.75) is 27.2 Å². The predicted molar refractivity (Wildman–Crippen MR) is 68.4 cm³/mol. The third kappa shape index (κ3) is 1.94. The van der Waals surface area contributed by atoms with Gasteiger partial charge in [0, 0.05) is 11.3 Å². The van der Waals surface area contributed by atoms with Crippen LogP contribution in [0, 0.1) is 13.8 Å². The first-order valence-corrected chi connectivity index (χ1v) is 5.70. The number of nitrogens with two attached hydrogens (primary N) is 1. The van der Waals surface area contributed by atoms with E-state index in [-0.39, 0.29) is 11.6 Å². The number of carbonyl (C=O) groups is 1. The monoisotopic (exact) mass is 248 g/mol. The van der Waals surface area contributed by atoms with Crippen LogP contribution in [0.25, 0.3) is 0 Å². The van der Waals surface area contributed by atoms with Gasteiger partial charge in [0.1, 0.15) is 0 Å². The van der Waals surface area contributed by atoms with E-state index < -0.39 is 0 Å². The summed E-state index contributed by atoms with van der Waals surface area (Å²) in [4.78, 5) is 12.0. The molecule has 96 valence electrons. The van der Waals surface area contributed by atoms with Gasteiger partial charge in [-0.25, -0.2) is 0 Å². The second kappa shape index (κ2) is 4.52. The number of anilines is 2. The zero-order valence-corrected chi connectivity index (χ0v) is 10.6. The first kappa shape index (κ1) is 12.2. The number of aryl methyl sites for hydroxylation is 2. The summed E-state index contributed by atoms with van der Waals surface area (Å²) in [7, 11) is 0. The molecule has 7 nitrogen and oxygen atoms in total. The number of aromatic amines is 2. The Morgan fingerprint density at radius 2 is 2.06 bits per heavy atom. The van der Waals surface area contributed by atoms with Crippen molar-refractivity contribution in [3.05, 3.63) is 22.6 Å². The van der Waals surface area contributed by atoms with Crippen molar-refractivity contribution < 1.29 is 4.79 Å². The molecule has 0 spiro atoms. The maximum Gasteiger partial charge on any atom is 0.279 e. The lowest BCUT2D eigenvalue weighted by Crippen LogP contribution is -2.15. The minimum atomic E-state index is -0.363. The van der Waals surface area contributed by atoms with Gasteiger partial charge in [-0.05, 0) is 20.3 Å². The third-order valence-corrected chi connectivity index (χ3v) is 2.94. The highest BCUT2D eigenvalue weighted by molar-refractivity contribution is 6.06. The largest absolute Gasteiger partial charge is 0.395 e. The van der Waals surface area contributed by atoms with Crippen LogP contribution in [-0.2, 0) is 6.42 Å². The average molecular weight is 248 g/mol. The van der Waals surface area contributed by atoms with Crippen LogP contribution in [0.3, 0.4) is 0 Å². The lowest BCUT2D eigenvalue weighted by atomic mass is 10.2. The van der Waals surface area contributed by atoms with Gasteiger partial charge in [-0.3, -0.25) is 15.0 Å². The van der Waals surface area contributed by atoms with Crippen molar-refractivity contribution in [1.29, 1.82) is 0 Å². The second-order valence-electron chi connectivity index (χ2n) is 4.09. The number of H-pyrrole nitrogens is 2.